The average Bonchev–Trinajstić information content (AvgIpc) is 3.19. The average molecular weight is 338 g/mol. The summed E-state index contributed by atoms with van der Waals surface area (Å²) in [6, 6.07) is 10.4. The quantitative estimate of drug-likeness (QED) is 0.894. The highest BCUT2D eigenvalue weighted by Crippen LogP contribution is 2.22. The second kappa shape index (κ2) is 7.18. The van der Waals surface area contributed by atoms with Crippen molar-refractivity contribution in [2.75, 3.05) is 0 Å². The largest absolute Gasteiger partial charge is 0.359 e. The number of hydrogen-bond acceptors (Lipinski definition) is 5. The SMILES string of the molecule is Cc1cc(CNC(=O)C2CCC(=O)N2Cc2cccc(C#N)c2)on1. The lowest BCUT2D eigenvalue weighted by molar-refractivity contribution is -0.135. The first-order valence-electron chi connectivity index (χ1n) is 8.05. The molecule has 1 aromatic carbocycles. The third-order valence-electron chi connectivity index (χ3n) is 4.15. The molecule has 0 aliphatic carbocycles. The Balaban J connectivity index is 1.66. The first-order chi connectivity index (χ1) is 12.1. The summed E-state index contributed by atoms with van der Waals surface area (Å²) >= 11 is 0. The number of aryl methyl sites for hydroxylation is 1. The molecular formula is C18H18N4O3. The number of amides is 2. The number of nitriles is 1. The van der Waals surface area contributed by atoms with Crippen molar-refractivity contribution in [1.29, 1.82) is 5.26 Å². The van der Waals surface area contributed by atoms with Crippen LogP contribution < -0.4 is 5.32 Å². The van der Waals surface area contributed by atoms with Gasteiger partial charge in [0.05, 0.1) is 23.9 Å². The van der Waals surface area contributed by atoms with Crippen LogP contribution in [0.2, 0.25) is 0 Å². The predicted molar refractivity (Wildman–Crippen MR) is 87.8 cm³/mol. The van der Waals surface area contributed by atoms with Gasteiger partial charge in [0, 0.05) is 19.0 Å². The van der Waals surface area contributed by atoms with Gasteiger partial charge in [-0.05, 0) is 31.0 Å². The Morgan fingerprint density at radius 1 is 1.48 bits per heavy atom. The van der Waals surface area contributed by atoms with Gasteiger partial charge in [0.1, 0.15) is 6.04 Å². The summed E-state index contributed by atoms with van der Waals surface area (Å²) in [6.07, 6.45) is 0.829. The molecule has 7 nitrogen and oxygen atoms in total. The van der Waals surface area contributed by atoms with Crippen LogP contribution >= 0.6 is 0 Å². The molecular weight excluding hydrogens is 320 g/mol. The van der Waals surface area contributed by atoms with Gasteiger partial charge in [0.15, 0.2) is 5.76 Å². The minimum absolute atomic E-state index is 0.0574. The van der Waals surface area contributed by atoms with E-state index in [0.717, 1.165) is 11.3 Å². The van der Waals surface area contributed by atoms with Gasteiger partial charge in [0.25, 0.3) is 0 Å². The van der Waals surface area contributed by atoms with Crippen LogP contribution in [0, 0.1) is 18.3 Å². The molecule has 0 bridgehead atoms. The van der Waals surface area contributed by atoms with Crippen molar-refractivity contribution in [3.05, 3.63) is 52.9 Å². The highest BCUT2D eigenvalue weighted by Gasteiger charge is 2.35. The summed E-state index contributed by atoms with van der Waals surface area (Å²) in [5, 5.41) is 15.6. The fourth-order valence-electron chi connectivity index (χ4n) is 2.93. The van der Waals surface area contributed by atoms with Gasteiger partial charge in [-0.25, -0.2) is 0 Å². The molecule has 25 heavy (non-hydrogen) atoms. The predicted octanol–water partition coefficient (Wildman–Crippen LogP) is 1.66. The fourth-order valence-corrected chi connectivity index (χ4v) is 2.93. The van der Waals surface area contributed by atoms with E-state index in [1.54, 1.807) is 29.2 Å². The van der Waals surface area contributed by atoms with E-state index in [2.05, 4.69) is 16.5 Å². The van der Waals surface area contributed by atoms with Gasteiger partial charge in [-0.15, -0.1) is 0 Å². The first kappa shape index (κ1) is 16.7. The summed E-state index contributed by atoms with van der Waals surface area (Å²) < 4.78 is 5.07. The number of likely N-dealkylation sites (tertiary alicyclic amines) is 1. The minimum Gasteiger partial charge on any atom is -0.359 e. The Morgan fingerprint density at radius 3 is 3.04 bits per heavy atom. The molecule has 0 radical (unpaired) electrons. The van der Waals surface area contributed by atoms with E-state index >= 15 is 0 Å². The van der Waals surface area contributed by atoms with E-state index in [9.17, 15) is 9.59 Å². The summed E-state index contributed by atoms with van der Waals surface area (Å²) in [5.41, 5.74) is 2.11. The first-order valence-corrected chi connectivity index (χ1v) is 8.05. The van der Waals surface area contributed by atoms with Gasteiger partial charge in [0.2, 0.25) is 11.8 Å². The van der Waals surface area contributed by atoms with Crippen LogP contribution in [0.4, 0.5) is 0 Å². The van der Waals surface area contributed by atoms with Crippen LogP contribution in [-0.2, 0) is 22.7 Å². The molecule has 2 aromatic rings. The van der Waals surface area contributed by atoms with Crippen molar-refractivity contribution in [3.63, 3.8) is 0 Å². The number of aromatic nitrogens is 1. The lowest BCUT2D eigenvalue weighted by Crippen LogP contribution is -2.44. The van der Waals surface area contributed by atoms with Crippen molar-refractivity contribution in [2.45, 2.75) is 38.9 Å². The molecule has 1 fully saturated rings. The monoisotopic (exact) mass is 338 g/mol. The Kier molecular flexibility index (Phi) is 4.80. The van der Waals surface area contributed by atoms with Crippen molar-refractivity contribution >= 4 is 11.8 Å². The van der Waals surface area contributed by atoms with Gasteiger partial charge >= 0.3 is 0 Å². The minimum atomic E-state index is -0.512. The zero-order chi connectivity index (χ0) is 17.8. The molecule has 3 rings (SSSR count). The van der Waals surface area contributed by atoms with Crippen molar-refractivity contribution in [3.8, 4) is 6.07 Å². The van der Waals surface area contributed by atoms with Crippen LogP contribution in [-0.4, -0.2) is 27.9 Å². The Bertz CT molecular complexity index is 837. The van der Waals surface area contributed by atoms with Crippen LogP contribution in [0.3, 0.4) is 0 Å². The Labute approximate surface area is 145 Å². The number of hydrogen-bond donors (Lipinski definition) is 1. The summed E-state index contributed by atoms with van der Waals surface area (Å²) in [5.74, 6) is 0.304. The Morgan fingerprint density at radius 2 is 2.32 bits per heavy atom. The third kappa shape index (κ3) is 3.86. The normalized spacial score (nSPS) is 16.7. The molecule has 1 unspecified atom stereocenters. The van der Waals surface area contributed by atoms with E-state index < -0.39 is 6.04 Å². The maximum atomic E-state index is 12.5. The van der Waals surface area contributed by atoms with Crippen molar-refractivity contribution < 1.29 is 14.1 Å². The lowest BCUT2D eigenvalue weighted by atomic mass is 10.1. The zero-order valence-electron chi connectivity index (χ0n) is 13.9. The van der Waals surface area contributed by atoms with E-state index in [1.807, 2.05) is 13.0 Å². The summed E-state index contributed by atoms with van der Waals surface area (Å²) in [7, 11) is 0. The van der Waals surface area contributed by atoms with Crippen LogP contribution in [0.15, 0.2) is 34.9 Å². The number of carbonyl (C=O) groups excluding carboxylic acids is 2. The van der Waals surface area contributed by atoms with Gasteiger partial charge in [-0.2, -0.15) is 5.26 Å². The second-order valence-corrected chi connectivity index (χ2v) is 6.04. The topological polar surface area (TPSA) is 99.2 Å². The molecule has 0 saturated carbocycles. The maximum Gasteiger partial charge on any atom is 0.243 e. The van der Waals surface area contributed by atoms with Crippen LogP contribution in [0.25, 0.3) is 0 Å². The molecule has 1 aromatic heterocycles. The van der Waals surface area contributed by atoms with Crippen molar-refractivity contribution in [2.24, 2.45) is 0 Å². The molecule has 1 atom stereocenters. The molecule has 1 aliphatic heterocycles. The molecule has 128 valence electrons. The van der Waals surface area contributed by atoms with E-state index in [0.29, 0.717) is 30.7 Å². The number of nitrogens with one attached hydrogen (secondary N) is 1. The molecule has 1 aliphatic rings. The molecule has 0 spiro atoms. The maximum absolute atomic E-state index is 12.5. The van der Waals surface area contributed by atoms with E-state index in [-0.39, 0.29) is 18.4 Å². The standard InChI is InChI=1S/C18H18N4O3/c1-12-7-15(25-21-12)10-20-18(24)16-5-6-17(23)22(16)11-14-4-2-3-13(8-14)9-19/h2-4,7-8,16H,5-6,10-11H2,1H3,(H,20,24). The molecule has 1 N–H and O–H groups in total. The molecule has 2 heterocycles. The lowest BCUT2D eigenvalue weighted by Gasteiger charge is -2.24. The fraction of sp³-hybridized carbons (Fsp3) is 0.333. The highest BCUT2D eigenvalue weighted by molar-refractivity contribution is 5.90. The smallest absolute Gasteiger partial charge is 0.243 e. The number of nitrogens with zero attached hydrogens (tertiary/aromatic N) is 3. The van der Waals surface area contributed by atoms with Gasteiger partial charge < -0.3 is 14.7 Å². The van der Waals surface area contributed by atoms with Crippen LogP contribution in [0.5, 0.6) is 0 Å². The number of rotatable bonds is 5. The Hall–Kier alpha value is -3.14. The highest BCUT2D eigenvalue weighted by atomic mass is 16.5. The molecule has 7 heteroatoms. The zero-order valence-corrected chi connectivity index (χ0v) is 13.9. The van der Waals surface area contributed by atoms with E-state index in [1.165, 1.54) is 0 Å². The van der Waals surface area contributed by atoms with Crippen LogP contribution in [0.1, 0.15) is 35.4 Å². The van der Waals surface area contributed by atoms with Gasteiger partial charge in [-0.1, -0.05) is 17.3 Å². The third-order valence-corrected chi connectivity index (χ3v) is 4.15. The van der Waals surface area contributed by atoms with E-state index in [4.69, 9.17) is 9.78 Å². The number of benzene rings is 1. The number of carbonyl (C=O) groups is 2. The van der Waals surface area contributed by atoms with Gasteiger partial charge in [-0.3, -0.25) is 9.59 Å². The molecule has 1 saturated heterocycles. The van der Waals surface area contributed by atoms with Crippen molar-refractivity contribution in [1.82, 2.24) is 15.4 Å². The summed E-state index contributed by atoms with van der Waals surface area (Å²) in [6.45, 7) is 2.36. The summed E-state index contributed by atoms with van der Waals surface area (Å²) in [4.78, 5) is 26.2. The molecule has 2 amide bonds. The second-order valence-electron chi connectivity index (χ2n) is 6.04.